The summed E-state index contributed by atoms with van der Waals surface area (Å²) in [5.41, 5.74) is 8.29. The van der Waals surface area contributed by atoms with E-state index in [9.17, 15) is 4.39 Å². The number of hydrogen-bond acceptors (Lipinski definition) is 2. The molecule has 0 unspecified atom stereocenters. The SMILES string of the molecule is Cc1cc(Oc2ccccc2C(C)C)c([C@@H](C)N)cc1F. The Hall–Kier alpha value is -1.87. The molecule has 2 aromatic rings. The molecule has 0 heterocycles. The summed E-state index contributed by atoms with van der Waals surface area (Å²) < 4.78 is 19.8. The Morgan fingerprint density at radius 1 is 1.00 bits per heavy atom. The van der Waals surface area contributed by atoms with Crippen molar-refractivity contribution in [3.05, 3.63) is 58.9 Å². The molecule has 0 saturated heterocycles. The predicted molar refractivity (Wildman–Crippen MR) is 84.3 cm³/mol. The van der Waals surface area contributed by atoms with E-state index >= 15 is 0 Å². The number of benzene rings is 2. The summed E-state index contributed by atoms with van der Waals surface area (Å²) in [5.74, 6) is 1.51. The van der Waals surface area contributed by atoms with E-state index in [0.717, 1.165) is 11.3 Å². The van der Waals surface area contributed by atoms with Crippen LogP contribution in [0.25, 0.3) is 0 Å². The van der Waals surface area contributed by atoms with Gasteiger partial charge in [0.2, 0.25) is 0 Å². The van der Waals surface area contributed by atoms with Crippen LogP contribution in [0.15, 0.2) is 36.4 Å². The molecule has 0 bridgehead atoms. The molecular weight excluding hydrogens is 265 g/mol. The van der Waals surface area contributed by atoms with Crippen molar-refractivity contribution < 1.29 is 9.13 Å². The van der Waals surface area contributed by atoms with Crippen molar-refractivity contribution in [3.63, 3.8) is 0 Å². The highest BCUT2D eigenvalue weighted by atomic mass is 19.1. The Labute approximate surface area is 125 Å². The Balaban J connectivity index is 2.47. The monoisotopic (exact) mass is 287 g/mol. The zero-order chi connectivity index (χ0) is 15.6. The first-order valence-electron chi connectivity index (χ1n) is 7.22. The summed E-state index contributed by atoms with van der Waals surface area (Å²) in [6.07, 6.45) is 0. The molecule has 0 aromatic heterocycles. The van der Waals surface area contributed by atoms with Gasteiger partial charge in [-0.1, -0.05) is 32.0 Å². The molecule has 2 N–H and O–H groups in total. The number of hydrogen-bond donors (Lipinski definition) is 1. The number of halogens is 1. The van der Waals surface area contributed by atoms with Crippen molar-refractivity contribution >= 4 is 0 Å². The topological polar surface area (TPSA) is 35.2 Å². The average Bonchev–Trinajstić information content (AvgIpc) is 2.42. The van der Waals surface area contributed by atoms with Crippen molar-refractivity contribution in [3.8, 4) is 11.5 Å². The molecule has 2 nitrogen and oxygen atoms in total. The van der Waals surface area contributed by atoms with E-state index in [1.54, 1.807) is 13.0 Å². The van der Waals surface area contributed by atoms with E-state index in [1.165, 1.54) is 6.07 Å². The molecule has 0 radical (unpaired) electrons. The second-order valence-corrected chi connectivity index (χ2v) is 5.72. The van der Waals surface area contributed by atoms with Gasteiger partial charge < -0.3 is 10.5 Å². The van der Waals surface area contributed by atoms with Crippen LogP contribution in [0.1, 0.15) is 49.4 Å². The highest BCUT2D eigenvalue weighted by Gasteiger charge is 2.15. The largest absolute Gasteiger partial charge is 0.457 e. The van der Waals surface area contributed by atoms with Crippen LogP contribution < -0.4 is 10.5 Å². The number of nitrogens with two attached hydrogens (primary N) is 1. The standard InChI is InChI=1S/C18H22FNO/c1-11(2)14-7-5-6-8-17(14)21-18-9-12(3)16(19)10-15(18)13(4)20/h5-11,13H,20H2,1-4H3/t13-/m1/s1. The maximum absolute atomic E-state index is 13.8. The van der Waals surface area contributed by atoms with Gasteiger partial charge in [-0.05, 0) is 49.1 Å². The van der Waals surface area contributed by atoms with E-state index in [4.69, 9.17) is 10.5 Å². The third-order valence-electron chi connectivity index (χ3n) is 3.54. The van der Waals surface area contributed by atoms with E-state index in [1.807, 2.05) is 31.2 Å². The lowest BCUT2D eigenvalue weighted by Crippen LogP contribution is -2.08. The van der Waals surface area contributed by atoms with Crippen LogP contribution >= 0.6 is 0 Å². The van der Waals surface area contributed by atoms with Gasteiger partial charge in [-0.15, -0.1) is 0 Å². The Morgan fingerprint density at radius 2 is 1.67 bits per heavy atom. The van der Waals surface area contributed by atoms with Crippen LogP contribution in [0.4, 0.5) is 4.39 Å². The Kier molecular flexibility index (Phi) is 4.63. The third-order valence-corrected chi connectivity index (χ3v) is 3.54. The van der Waals surface area contributed by atoms with Gasteiger partial charge in [0.15, 0.2) is 0 Å². The number of rotatable bonds is 4. The fraction of sp³-hybridized carbons (Fsp3) is 0.333. The van der Waals surface area contributed by atoms with Gasteiger partial charge in [-0.3, -0.25) is 0 Å². The number of para-hydroxylation sites is 1. The molecule has 2 aromatic carbocycles. The summed E-state index contributed by atoms with van der Waals surface area (Å²) in [6, 6.07) is 10.8. The van der Waals surface area contributed by atoms with Gasteiger partial charge in [0.25, 0.3) is 0 Å². The van der Waals surface area contributed by atoms with Crippen LogP contribution in [0.5, 0.6) is 11.5 Å². The van der Waals surface area contributed by atoms with Crippen molar-refractivity contribution in [1.82, 2.24) is 0 Å². The highest BCUT2D eigenvalue weighted by Crippen LogP contribution is 2.34. The minimum absolute atomic E-state index is 0.258. The minimum Gasteiger partial charge on any atom is -0.457 e. The first-order chi connectivity index (χ1) is 9.90. The minimum atomic E-state index is -0.290. The normalized spacial score (nSPS) is 12.5. The maximum atomic E-state index is 13.8. The summed E-state index contributed by atoms with van der Waals surface area (Å²) >= 11 is 0. The molecule has 1 atom stereocenters. The zero-order valence-corrected chi connectivity index (χ0v) is 13.0. The quantitative estimate of drug-likeness (QED) is 0.852. The first kappa shape index (κ1) is 15.5. The van der Waals surface area contributed by atoms with Gasteiger partial charge >= 0.3 is 0 Å². The molecular formula is C18H22FNO. The lowest BCUT2D eigenvalue weighted by atomic mass is 10.0. The molecule has 3 heteroatoms. The average molecular weight is 287 g/mol. The molecule has 21 heavy (non-hydrogen) atoms. The Morgan fingerprint density at radius 3 is 2.29 bits per heavy atom. The summed E-state index contributed by atoms with van der Waals surface area (Å²) in [5, 5.41) is 0. The molecule has 2 rings (SSSR count). The second-order valence-electron chi connectivity index (χ2n) is 5.72. The number of aryl methyl sites for hydroxylation is 1. The molecule has 0 spiro atoms. The van der Waals surface area contributed by atoms with E-state index in [2.05, 4.69) is 13.8 Å². The van der Waals surface area contributed by atoms with Gasteiger partial charge in [-0.2, -0.15) is 0 Å². The van der Waals surface area contributed by atoms with Crippen molar-refractivity contribution in [1.29, 1.82) is 0 Å². The van der Waals surface area contributed by atoms with E-state index in [0.29, 0.717) is 22.8 Å². The summed E-state index contributed by atoms with van der Waals surface area (Å²) in [7, 11) is 0. The van der Waals surface area contributed by atoms with Crippen LogP contribution in [-0.2, 0) is 0 Å². The van der Waals surface area contributed by atoms with Crippen molar-refractivity contribution in [2.75, 3.05) is 0 Å². The molecule has 0 fully saturated rings. The van der Waals surface area contributed by atoms with Gasteiger partial charge in [-0.25, -0.2) is 4.39 Å². The molecule has 0 aliphatic carbocycles. The van der Waals surface area contributed by atoms with Crippen molar-refractivity contribution in [2.45, 2.75) is 39.7 Å². The van der Waals surface area contributed by atoms with Crippen LogP contribution in [0.3, 0.4) is 0 Å². The lowest BCUT2D eigenvalue weighted by Gasteiger charge is -2.18. The fourth-order valence-electron chi connectivity index (χ4n) is 2.28. The smallest absolute Gasteiger partial charge is 0.132 e. The third kappa shape index (κ3) is 3.42. The number of ether oxygens (including phenoxy) is 1. The van der Waals surface area contributed by atoms with Gasteiger partial charge in [0.1, 0.15) is 17.3 Å². The fourth-order valence-corrected chi connectivity index (χ4v) is 2.28. The predicted octanol–water partition coefficient (Wildman–Crippen LogP) is 5.07. The van der Waals surface area contributed by atoms with Crippen LogP contribution in [-0.4, -0.2) is 0 Å². The van der Waals surface area contributed by atoms with Crippen LogP contribution in [0.2, 0.25) is 0 Å². The lowest BCUT2D eigenvalue weighted by molar-refractivity contribution is 0.460. The second kappa shape index (κ2) is 6.27. The highest BCUT2D eigenvalue weighted by molar-refractivity contribution is 5.45. The van der Waals surface area contributed by atoms with Gasteiger partial charge in [0, 0.05) is 11.6 Å². The Bertz CT molecular complexity index is 635. The first-order valence-corrected chi connectivity index (χ1v) is 7.22. The maximum Gasteiger partial charge on any atom is 0.132 e. The zero-order valence-electron chi connectivity index (χ0n) is 13.0. The van der Waals surface area contributed by atoms with Crippen molar-refractivity contribution in [2.24, 2.45) is 5.73 Å². The molecule has 0 aliphatic heterocycles. The molecule has 0 saturated carbocycles. The molecule has 0 aliphatic rings. The van der Waals surface area contributed by atoms with Crippen LogP contribution in [0, 0.1) is 12.7 Å². The van der Waals surface area contributed by atoms with Gasteiger partial charge in [0.05, 0.1) is 0 Å². The molecule has 112 valence electrons. The summed E-state index contributed by atoms with van der Waals surface area (Å²) in [6.45, 7) is 7.78. The molecule has 0 amide bonds. The summed E-state index contributed by atoms with van der Waals surface area (Å²) in [4.78, 5) is 0. The van der Waals surface area contributed by atoms with E-state index in [-0.39, 0.29) is 11.9 Å². The van der Waals surface area contributed by atoms with E-state index < -0.39 is 0 Å².